The maximum Gasteiger partial charge on any atom is 0.161 e. The highest BCUT2D eigenvalue weighted by atomic mass is 16.5. The molecule has 0 aromatic heterocycles. The number of aromatic hydroxyl groups is 1. The van der Waals surface area contributed by atoms with Crippen molar-refractivity contribution in [1.82, 2.24) is 0 Å². The highest BCUT2D eigenvalue weighted by Crippen LogP contribution is 2.46. The largest absolute Gasteiger partial charge is 0.504 e. The maximum atomic E-state index is 12.4. The molecule has 0 saturated heterocycles. The molecule has 1 N–H and O–H groups in total. The van der Waals surface area contributed by atoms with Crippen molar-refractivity contribution in [3.63, 3.8) is 0 Å². The number of unbranched alkanes of at least 4 members (excludes halogenated alkanes) is 1. The summed E-state index contributed by atoms with van der Waals surface area (Å²) in [5.41, 5.74) is 2.08. The van der Waals surface area contributed by atoms with Gasteiger partial charge in [-0.25, -0.2) is 0 Å². The summed E-state index contributed by atoms with van der Waals surface area (Å²) in [6, 6.07) is 4.14. The van der Waals surface area contributed by atoms with Crippen LogP contribution in [0, 0.1) is 11.8 Å². The molecular formula is C30H46O4. The van der Waals surface area contributed by atoms with Gasteiger partial charge in [0.05, 0.1) is 6.10 Å². The molecule has 1 aromatic carbocycles. The fraction of sp³-hybridized carbons (Fsp3) is 0.700. The first-order valence-electron chi connectivity index (χ1n) is 13.7. The van der Waals surface area contributed by atoms with Crippen molar-refractivity contribution in [3.05, 3.63) is 35.4 Å². The Kier molecular flexibility index (Phi) is 11.0. The quantitative estimate of drug-likeness (QED) is 0.303. The minimum Gasteiger partial charge on any atom is -0.504 e. The van der Waals surface area contributed by atoms with Crippen molar-refractivity contribution in [2.24, 2.45) is 11.8 Å². The molecule has 2 aliphatic rings. The Morgan fingerprint density at radius 3 is 2.68 bits per heavy atom. The van der Waals surface area contributed by atoms with Gasteiger partial charge in [0.2, 0.25) is 0 Å². The van der Waals surface area contributed by atoms with E-state index in [9.17, 15) is 9.90 Å². The number of phenolic OH excluding ortho intramolecular Hbond substituents is 1. The second kappa shape index (κ2) is 13.9. The number of rotatable bonds is 13. The Morgan fingerprint density at radius 2 is 1.97 bits per heavy atom. The fourth-order valence-corrected chi connectivity index (χ4v) is 5.86. The van der Waals surface area contributed by atoms with Crippen LogP contribution in [-0.4, -0.2) is 30.7 Å². The molecule has 1 aromatic rings. The summed E-state index contributed by atoms with van der Waals surface area (Å²) in [4.78, 5) is 12.4. The zero-order chi connectivity index (χ0) is 24.3. The summed E-state index contributed by atoms with van der Waals surface area (Å²) in [5.74, 6) is 2.59. The number of aryl methyl sites for hydroxylation is 1. The molecule has 0 aliphatic heterocycles. The normalized spacial score (nSPS) is 22.3. The summed E-state index contributed by atoms with van der Waals surface area (Å²) in [6.07, 6.45) is 17.3. The van der Waals surface area contributed by atoms with Crippen LogP contribution >= 0.6 is 0 Å². The Balaban J connectivity index is 1.88. The summed E-state index contributed by atoms with van der Waals surface area (Å²) in [7, 11) is 1.75. The molecule has 2 fully saturated rings. The van der Waals surface area contributed by atoms with Crippen molar-refractivity contribution < 1.29 is 19.4 Å². The number of carbonyl (C=O) groups is 1. The van der Waals surface area contributed by atoms with Crippen LogP contribution in [0.4, 0.5) is 0 Å². The molecule has 2 aliphatic carbocycles. The third-order valence-electron chi connectivity index (χ3n) is 7.76. The highest BCUT2D eigenvalue weighted by molar-refractivity contribution is 5.89. The van der Waals surface area contributed by atoms with Crippen molar-refractivity contribution in [3.8, 4) is 11.5 Å². The number of ether oxygens (including phenoxy) is 2. The van der Waals surface area contributed by atoms with Crippen LogP contribution < -0.4 is 4.74 Å². The van der Waals surface area contributed by atoms with Gasteiger partial charge in [0.15, 0.2) is 17.3 Å². The Labute approximate surface area is 207 Å². The number of ketones is 1. The fourth-order valence-electron chi connectivity index (χ4n) is 5.86. The molecule has 0 bridgehead atoms. The van der Waals surface area contributed by atoms with Gasteiger partial charge in [0.1, 0.15) is 0 Å². The van der Waals surface area contributed by atoms with Gasteiger partial charge in [0.25, 0.3) is 0 Å². The average molecular weight is 471 g/mol. The van der Waals surface area contributed by atoms with Crippen LogP contribution in [0.2, 0.25) is 0 Å². The van der Waals surface area contributed by atoms with Gasteiger partial charge in [0, 0.05) is 25.7 Å². The van der Waals surface area contributed by atoms with E-state index in [1.807, 2.05) is 12.1 Å². The summed E-state index contributed by atoms with van der Waals surface area (Å²) < 4.78 is 11.8. The molecule has 4 nitrogen and oxygen atoms in total. The molecule has 0 spiro atoms. The minimum atomic E-state index is 0.165. The predicted octanol–water partition coefficient (Wildman–Crippen LogP) is 7.52. The van der Waals surface area contributed by atoms with Gasteiger partial charge < -0.3 is 14.6 Å². The van der Waals surface area contributed by atoms with E-state index >= 15 is 0 Å². The lowest BCUT2D eigenvalue weighted by atomic mass is 9.72. The van der Waals surface area contributed by atoms with Gasteiger partial charge in [-0.05, 0) is 93.2 Å². The Hall–Kier alpha value is -1.81. The van der Waals surface area contributed by atoms with E-state index in [1.165, 1.54) is 38.5 Å². The molecule has 4 heteroatoms. The number of hydrogen-bond acceptors (Lipinski definition) is 4. The van der Waals surface area contributed by atoms with Crippen LogP contribution in [0.5, 0.6) is 11.5 Å². The molecule has 190 valence electrons. The van der Waals surface area contributed by atoms with Crippen molar-refractivity contribution in [2.45, 2.75) is 109 Å². The average Bonchev–Trinajstić information content (AvgIpc) is 3.34. The third kappa shape index (κ3) is 7.86. The molecule has 0 heterocycles. The maximum absolute atomic E-state index is 12.4. The van der Waals surface area contributed by atoms with E-state index in [1.54, 1.807) is 13.2 Å². The molecule has 0 unspecified atom stereocenters. The molecule has 3 atom stereocenters. The van der Waals surface area contributed by atoms with Crippen LogP contribution in [0.1, 0.15) is 108 Å². The third-order valence-corrected chi connectivity index (χ3v) is 7.76. The topological polar surface area (TPSA) is 55.8 Å². The summed E-state index contributed by atoms with van der Waals surface area (Å²) >= 11 is 0. The van der Waals surface area contributed by atoms with E-state index in [0.29, 0.717) is 36.9 Å². The standard InChI is InChI=1S/C30H46O4/c1-4-5-6-12-25(31)16-15-23-20-28(30(32)29(21-23)34-26-13-7-8-14-26)27(17-18-33-3)24-11-9-10-22(2)19-24/h6,12,20-22,24,26-27,32H,4-5,7-11,13-19H2,1-3H3/b12-6+/t22-,24-,27+/m0/s1. The molecule has 2 saturated carbocycles. The molecule has 0 amide bonds. The second-order valence-corrected chi connectivity index (χ2v) is 10.6. The summed E-state index contributed by atoms with van der Waals surface area (Å²) in [6.45, 7) is 5.15. The van der Waals surface area contributed by atoms with Crippen molar-refractivity contribution >= 4 is 5.78 Å². The smallest absolute Gasteiger partial charge is 0.161 e. The van der Waals surface area contributed by atoms with Crippen molar-refractivity contribution in [2.75, 3.05) is 13.7 Å². The number of phenols is 1. The van der Waals surface area contributed by atoms with Crippen LogP contribution in [-0.2, 0) is 16.0 Å². The first-order valence-corrected chi connectivity index (χ1v) is 13.7. The minimum absolute atomic E-state index is 0.165. The lowest BCUT2D eigenvalue weighted by molar-refractivity contribution is -0.114. The first-order chi connectivity index (χ1) is 16.5. The SMILES string of the molecule is CCC/C=C/C(=O)CCc1cc(OC2CCCC2)c(O)c([C@H](CCOC)[C@H]2CCC[C@H](C)C2)c1. The molecule has 0 radical (unpaired) electrons. The predicted molar refractivity (Wildman–Crippen MR) is 139 cm³/mol. The van der Waals surface area contributed by atoms with Crippen LogP contribution in [0.15, 0.2) is 24.3 Å². The molecule has 34 heavy (non-hydrogen) atoms. The number of methoxy groups -OCH3 is 1. The molecular weight excluding hydrogens is 424 g/mol. The number of hydrogen-bond donors (Lipinski definition) is 1. The van der Waals surface area contributed by atoms with E-state index in [0.717, 1.165) is 49.1 Å². The van der Waals surface area contributed by atoms with Crippen LogP contribution in [0.3, 0.4) is 0 Å². The Morgan fingerprint density at radius 1 is 1.18 bits per heavy atom. The zero-order valence-electron chi connectivity index (χ0n) is 21.7. The number of benzene rings is 1. The number of allylic oxidation sites excluding steroid dienone is 2. The lowest BCUT2D eigenvalue weighted by Gasteiger charge is -2.34. The van der Waals surface area contributed by atoms with Gasteiger partial charge >= 0.3 is 0 Å². The number of carbonyl (C=O) groups excluding carboxylic acids is 1. The summed E-state index contributed by atoms with van der Waals surface area (Å²) in [5, 5.41) is 11.4. The molecule has 3 rings (SSSR count). The van der Waals surface area contributed by atoms with Gasteiger partial charge in [-0.15, -0.1) is 0 Å². The highest BCUT2D eigenvalue weighted by Gasteiger charge is 2.31. The van der Waals surface area contributed by atoms with Gasteiger partial charge in [-0.2, -0.15) is 0 Å². The van der Waals surface area contributed by atoms with E-state index in [4.69, 9.17) is 9.47 Å². The monoisotopic (exact) mass is 470 g/mol. The van der Waals surface area contributed by atoms with E-state index < -0.39 is 0 Å². The van der Waals surface area contributed by atoms with Crippen molar-refractivity contribution in [1.29, 1.82) is 0 Å². The van der Waals surface area contributed by atoms with E-state index in [-0.39, 0.29) is 17.8 Å². The van der Waals surface area contributed by atoms with Gasteiger partial charge in [-0.1, -0.05) is 45.3 Å². The van der Waals surface area contributed by atoms with Gasteiger partial charge in [-0.3, -0.25) is 4.79 Å². The van der Waals surface area contributed by atoms with Crippen LogP contribution in [0.25, 0.3) is 0 Å². The lowest BCUT2D eigenvalue weighted by Crippen LogP contribution is -2.22. The zero-order valence-corrected chi connectivity index (χ0v) is 21.7. The second-order valence-electron chi connectivity index (χ2n) is 10.6. The first kappa shape index (κ1) is 26.8. The van der Waals surface area contributed by atoms with E-state index in [2.05, 4.69) is 19.9 Å². The Bertz CT molecular complexity index is 793.